The molecule has 3 amide bonds. The lowest BCUT2D eigenvalue weighted by atomic mass is 10.0. The number of hydrogen-bond donors (Lipinski definition) is 1. The van der Waals surface area contributed by atoms with E-state index in [2.05, 4.69) is 23.5 Å². The summed E-state index contributed by atoms with van der Waals surface area (Å²) in [6.07, 6.45) is 5.28. The number of hydrogen-bond acceptors (Lipinski definition) is 2. The van der Waals surface area contributed by atoms with E-state index in [4.69, 9.17) is 0 Å². The van der Waals surface area contributed by atoms with E-state index in [-0.39, 0.29) is 18.0 Å². The first-order chi connectivity index (χ1) is 12.7. The van der Waals surface area contributed by atoms with Crippen LogP contribution < -0.4 is 5.32 Å². The van der Waals surface area contributed by atoms with E-state index in [1.54, 1.807) is 6.08 Å². The molecule has 0 aromatic heterocycles. The minimum Gasteiger partial charge on any atom is -0.339 e. The highest BCUT2D eigenvalue weighted by Gasteiger charge is 2.31. The van der Waals surface area contributed by atoms with Gasteiger partial charge in [-0.3, -0.25) is 4.79 Å². The third-order valence-electron chi connectivity index (χ3n) is 5.34. The van der Waals surface area contributed by atoms with E-state index < -0.39 is 0 Å². The predicted octanol–water partition coefficient (Wildman–Crippen LogP) is 2.87. The maximum Gasteiger partial charge on any atom is 0.317 e. The Morgan fingerprint density at radius 3 is 2.58 bits per heavy atom. The van der Waals surface area contributed by atoms with Gasteiger partial charge in [0, 0.05) is 38.3 Å². The van der Waals surface area contributed by atoms with E-state index >= 15 is 0 Å². The molecule has 0 spiro atoms. The summed E-state index contributed by atoms with van der Waals surface area (Å²) in [6, 6.07) is 14.6. The van der Waals surface area contributed by atoms with Gasteiger partial charge < -0.3 is 15.1 Å². The van der Waals surface area contributed by atoms with Gasteiger partial charge in [-0.25, -0.2) is 4.79 Å². The van der Waals surface area contributed by atoms with Crippen molar-refractivity contribution in [1.82, 2.24) is 15.1 Å². The van der Waals surface area contributed by atoms with Crippen LogP contribution in [0.25, 0.3) is 16.8 Å². The molecule has 1 N–H and O–H groups in total. The second-order valence-corrected chi connectivity index (χ2v) is 6.88. The quantitative estimate of drug-likeness (QED) is 0.867. The van der Waals surface area contributed by atoms with Crippen LogP contribution in [0.3, 0.4) is 0 Å². The van der Waals surface area contributed by atoms with E-state index in [0.29, 0.717) is 13.1 Å². The average molecular weight is 349 g/mol. The number of nitrogens with zero attached hydrogens (tertiary/aromatic N) is 2. The Bertz CT molecular complexity index is 848. The van der Waals surface area contributed by atoms with Crippen molar-refractivity contribution in [3.8, 4) is 0 Å². The molecule has 134 valence electrons. The molecule has 2 aromatic carbocycles. The van der Waals surface area contributed by atoms with Crippen LogP contribution in [0.2, 0.25) is 0 Å². The number of carbonyl (C=O) groups is 2. The van der Waals surface area contributed by atoms with Crippen LogP contribution in [0.1, 0.15) is 18.4 Å². The van der Waals surface area contributed by atoms with Gasteiger partial charge in [0.2, 0.25) is 5.91 Å². The van der Waals surface area contributed by atoms with Gasteiger partial charge in [-0.05, 0) is 35.3 Å². The number of likely N-dealkylation sites (tertiary alicyclic amines) is 1. The summed E-state index contributed by atoms with van der Waals surface area (Å²) in [7, 11) is 0. The molecular formula is C21H23N3O2. The molecule has 5 heteroatoms. The van der Waals surface area contributed by atoms with Crippen molar-refractivity contribution in [2.75, 3.05) is 26.2 Å². The average Bonchev–Trinajstić information content (AvgIpc) is 3.12. The van der Waals surface area contributed by atoms with Crippen LogP contribution in [-0.4, -0.2) is 54.0 Å². The zero-order valence-electron chi connectivity index (χ0n) is 14.7. The molecule has 0 aliphatic carbocycles. The molecule has 26 heavy (non-hydrogen) atoms. The number of amides is 3. The molecule has 0 atom stereocenters. The van der Waals surface area contributed by atoms with Gasteiger partial charge in [0.1, 0.15) is 0 Å². The molecule has 2 saturated heterocycles. The number of carbonyl (C=O) groups excluding carboxylic acids is 2. The van der Waals surface area contributed by atoms with Gasteiger partial charge >= 0.3 is 6.03 Å². The van der Waals surface area contributed by atoms with Gasteiger partial charge in [0.05, 0.1) is 0 Å². The number of benzene rings is 2. The third kappa shape index (κ3) is 3.29. The topological polar surface area (TPSA) is 52.7 Å². The Morgan fingerprint density at radius 1 is 1.04 bits per heavy atom. The Kier molecular flexibility index (Phi) is 4.61. The fourth-order valence-electron chi connectivity index (χ4n) is 3.89. The largest absolute Gasteiger partial charge is 0.339 e. The Morgan fingerprint density at radius 2 is 1.81 bits per heavy atom. The van der Waals surface area contributed by atoms with Crippen molar-refractivity contribution >= 4 is 28.8 Å². The number of nitrogens with one attached hydrogen (secondary N) is 1. The third-order valence-corrected chi connectivity index (χ3v) is 5.34. The number of rotatable bonds is 3. The first kappa shape index (κ1) is 16.6. The number of urea groups is 1. The van der Waals surface area contributed by atoms with Crippen LogP contribution in [0, 0.1) is 0 Å². The number of piperidine rings is 1. The molecule has 0 saturated carbocycles. The Balaban J connectivity index is 1.39. The lowest BCUT2D eigenvalue weighted by Crippen LogP contribution is -2.47. The first-order valence-corrected chi connectivity index (χ1v) is 9.21. The van der Waals surface area contributed by atoms with Crippen molar-refractivity contribution in [1.29, 1.82) is 0 Å². The fraction of sp³-hybridized carbons (Fsp3) is 0.333. The fourth-order valence-corrected chi connectivity index (χ4v) is 3.89. The van der Waals surface area contributed by atoms with Crippen LogP contribution in [0.15, 0.2) is 48.5 Å². The summed E-state index contributed by atoms with van der Waals surface area (Å²) in [5.41, 5.74) is 1.06. The monoisotopic (exact) mass is 349 g/mol. The second-order valence-electron chi connectivity index (χ2n) is 6.88. The van der Waals surface area contributed by atoms with Gasteiger partial charge in [0.15, 0.2) is 0 Å². The molecule has 2 aliphatic heterocycles. The standard InChI is InChI=1S/C21H23N3O2/c25-20(9-8-17-6-3-5-16-4-1-2-7-19(16)17)23-13-10-18(11-14-23)24-15-12-22-21(24)26/h1-9,18H,10-15H2,(H,22,26)/b9-8+. The SMILES string of the molecule is O=C(/C=C/c1cccc2ccccc12)N1CCC(N2CCNC2=O)CC1. The molecule has 4 rings (SSSR count). The van der Waals surface area contributed by atoms with Crippen molar-refractivity contribution in [2.45, 2.75) is 18.9 Å². The van der Waals surface area contributed by atoms with E-state index in [1.807, 2.05) is 40.1 Å². The van der Waals surface area contributed by atoms with E-state index in [0.717, 1.165) is 36.9 Å². The minimum atomic E-state index is 0.0330. The maximum atomic E-state index is 12.5. The summed E-state index contributed by atoms with van der Waals surface area (Å²) < 4.78 is 0. The second kappa shape index (κ2) is 7.20. The molecule has 2 heterocycles. The maximum absolute atomic E-state index is 12.5. The van der Waals surface area contributed by atoms with Gasteiger partial charge in [-0.1, -0.05) is 42.5 Å². The molecule has 5 nitrogen and oxygen atoms in total. The minimum absolute atomic E-state index is 0.0330. The van der Waals surface area contributed by atoms with Crippen LogP contribution in [-0.2, 0) is 4.79 Å². The molecule has 0 bridgehead atoms. The van der Waals surface area contributed by atoms with Gasteiger partial charge in [0.25, 0.3) is 0 Å². The summed E-state index contributed by atoms with van der Waals surface area (Å²) >= 11 is 0. The van der Waals surface area contributed by atoms with E-state index in [9.17, 15) is 9.59 Å². The number of fused-ring (bicyclic) bond motifs is 1. The van der Waals surface area contributed by atoms with Crippen molar-refractivity contribution in [2.24, 2.45) is 0 Å². The molecule has 2 aromatic rings. The lowest BCUT2D eigenvalue weighted by molar-refractivity contribution is -0.127. The summed E-state index contributed by atoms with van der Waals surface area (Å²) in [5.74, 6) is 0.0438. The van der Waals surface area contributed by atoms with Gasteiger partial charge in [-0.2, -0.15) is 0 Å². The summed E-state index contributed by atoms with van der Waals surface area (Å²) in [6.45, 7) is 2.91. The van der Waals surface area contributed by atoms with Gasteiger partial charge in [-0.15, -0.1) is 0 Å². The molecule has 0 radical (unpaired) electrons. The van der Waals surface area contributed by atoms with Crippen molar-refractivity contribution in [3.63, 3.8) is 0 Å². The highest BCUT2D eigenvalue weighted by atomic mass is 16.2. The first-order valence-electron chi connectivity index (χ1n) is 9.21. The zero-order valence-corrected chi connectivity index (χ0v) is 14.7. The van der Waals surface area contributed by atoms with Crippen molar-refractivity contribution < 1.29 is 9.59 Å². The highest BCUT2D eigenvalue weighted by molar-refractivity contribution is 5.96. The molecule has 2 fully saturated rings. The van der Waals surface area contributed by atoms with Crippen molar-refractivity contribution in [3.05, 3.63) is 54.1 Å². The normalized spacial score (nSPS) is 18.7. The van der Waals surface area contributed by atoms with E-state index in [1.165, 1.54) is 5.39 Å². The summed E-state index contributed by atoms with van der Waals surface area (Å²) in [5, 5.41) is 5.17. The summed E-state index contributed by atoms with van der Waals surface area (Å²) in [4.78, 5) is 28.1. The Labute approximate surface area is 153 Å². The Hall–Kier alpha value is -2.82. The molecule has 2 aliphatic rings. The predicted molar refractivity (Wildman–Crippen MR) is 103 cm³/mol. The zero-order chi connectivity index (χ0) is 17.9. The molecular weight excluding hydrogens is 326 g/mol. The van der Waals surface area contributed by atoms with Crippen LogP contribution in [0.4, 0.5) is 4.79 Å². The lowest BCUT2D eigenvalue weighted by Gasteiger charge is -2.35. The molecule has 0 unspecified atom stereocenters. The smallest absolute Gasteiger partial charge is 0.317 e. The van der Waals surface area contributed by atoms with Crippen LogP contribution >= 0.6 is 0 Å². The van der Waals surface area contributed by atoms with Crippen LogP contribution in [0.5, 0.6) is 0 Å². The highest BCUT2D eigenvalue weighted by Crippen LogP contribution is 2.21.